The lowest BCUT2D eigenvalue weighted by atomic mass is 10.0. The molecule has 2 N–H and O–H groups in total. The third-order valence-electron chi connectivity index (χ3n) is 8.17. The summed E-state index contributed by atoms with van der Waals surface area (Å²) >= 11 is 0. The Morgan fingerprint density at radius 3 is 1.78 bits per heavy atom. The number of pyridine rings is 1. The summed E-state index contributed by atoms with van der Waals surface area (Å²) in [6.07, 6.45) is 1.12. The maximum absolute atomic E-state index is 14.4. The average Bonchev–Trinajstić information content (AvgIpc) is 3.04. The highest BCUT2D eigenvalue weighted by molar-refractivity contribution is 7.85. The average molecular weight is 699 g/mol. The number of methoxy groups -OCH3 is 2. The number of carbonyl (C=O) groups is 2. The van der Waals surface area contributed by atoms with Gasteiger partial charge < -0.3 is 28.8 Å². The Kier molecular flexibility index (Phi) is 12.6. The SMILES string of the molecule is CCC(CC)Oc1ccc2c(c1)c(C(=O)Oc1c(C)cc(C(=O)O)cc1C)c1cc(OC(COC)COC)ccc1[n+]2CCCS(=O)(=O)O. The topological polar surface area (TPSA) is 159 Å². The molecule has 0 radical (unpaired) electrons. The van der Waals surface area contributed by atoms with E-state index in [0.717, 1.165) is 12.8 Å². The largest absolute Gasteiger partial charge is 0.490 e. The first-order chi connectivity index (χ1) is 23.3. The zero-order valence-corrected chi connectivity index (χ0v) is 29.5. The van der Waals surface area contributed by atoms with Gasteiger partial charge in [0.15, 0.2) is 6.54 Å². The summed E-state index contributed by atoms with van der Waals surface area (Å²) in [6.45, 7) is 8.08. The first-order valence-electron chi connectivity index (χ1n) is 16.1. The molecule has 4 aromatic rings. The fourth-order valence-electron chi connectivity index (χ4n) is 5.90. The molecule has 0 fully saturated rings. The smallest absolute Gasteiger partial charge is 0.345 e. The Labute approximate surface area is 286 Å². The molecule has 0 spiro atoms. The zero-order valence-electron chi connectivity index (χ0n) is 28.6. The van der Waals surface area contributed by atoms with Crippen LogP contribution >= 0.6 is 0 Å². The van der Waals surface area contributed by atoms with Gasteiger partial charge in [0.05, 0.1) is 47.0 Å². The van der Waals surface area contributed by atoms with E-state index in [1.54, 1.807) is 58.4 Å². The molecule has 0 saturated heterocycles. The van der Waals surface area contributed by atoms with Crippen LogP contribution in [-0.2, 0) is 26.1 Å². The van der Waals surface area contributed by atoms with E-state index in [2.05, 4.69) is 0 Å². The van der Waals surface area contributed by atoms with E-state index in [-0.39, 0.29) is 49.2 Å². The number of aryl methyl sites for hydroxylation is 3. The number of carbonyl (C=O) groups excluding carboxylic acids is 1. The van der Waals surface area contributed by atoms with Crippen molar-refractivity contribution in [3.05, 3.63) is 70.8 Å². The second-order valence-electron chi connectivity index (χ2n) is 11.9. The maximum Gasteiger partial charge on any atom is 0.345 e. The Balaban J connectivity index is 2.00. The molecular formula is C36H44NO11S+. The summed E-state index contributed by atoms with van der Waals surface area (Å²) in [5.74, 6) is -1.06. The van der Waals surface area contributed by atoms with Crippen molar-refractivity contribution in [3.63, 3.8) is 0 Å². The van der Waals surface area contributed by atoms with Gasteiger partial charge in [-0.1, -0.05) is 13.8 Å². The number of benzene rings is 3. The maximum atomic E-state index is 14.4. The molecule has 4 rings (SSSR count). The molecule has 264 valence electrons. The number of rotatable bonds is 17. The van der Waals surface area contributed by atoms with Crippen LogP contribution in [0.2, 0.25) is 0 Å². The van der Waals surface area contributed by atoms with Crippen LogP contribution in [0.3, 0.4) is 0 Å². The monoisotopic (exact) mass is 698 g/mol. The predicted octanol–water partition coefficient (Wildman–Crippen LogP) is 5.70. The van der Waals surface area contributed by atoms with Crippen molar-refractivity contribution in [3.8, 4) is 17.2 Å². The van der Waals surface area contributed by atoms with E-state index in [1.807, 2.05) is 24.5 Å². The number of aromatic nitrogens is 1. The number of fused-ring (bicyclic) bond motifs is 2. The first kappa shape index (κ1) is 37.5. The number of aromatic carboxylic acids is 1. The minimum absolute atomic E-state index is 0.0632. The summed E-state index contributed by atoms with van der Waals surface area (Å²) in [5.41, 5.74) is 2.40. The van der Waals surface area contributed by atoms with Crippen LogP contribution in [0.1, 0.15) is 65.0 Å². The third kappa shape index (κ3) is 9.24. The molecule has 0 atom stereocenters. The Morgan fingerprint density at radius 1 is 0.816 bits per heavy atom. The number of hydrogen-bond acceptors (Lipinski definition) is 9. The first-order valence-corrected chi connectivity index (χ1v) is 17.7. The van der Waals surface area contributed by atoms with Crippen LogP contribution in [0.4, 0.5) is 0 Å². The van der Waals surface area contributed by atoms with E-state index in [1.165, 1.54) is 12.1 Å². The molecule has 3 aromatic carbocycles. The molecule has 0 unspecified atom stereocenters. The zero-order chi connectivity index (χ0) is 35.9. The molecule has 0 saturated carbocycles. The van der Waals surface area contributed by atoms with Crippen LogP contribution in [0, 0.1) is 13.8 Å². The molecule has 0 amide bonds. The van der Waals surface area contributed by atoms with Crippen LogP contribution < -0.4 is 18.8 Å². The highest BCUT2D eigenvalue weighted by Crippen LogP contribution is 2.34. The lowest BCUT2D eigenvalue weighted by molar-refractivity contribution is -0.645. The van der Waals surface area contributed by atoms with Gasteiger partial charge in [0, 0.05) is 32.8 Å². The minimum atomic E-state index is -4.22. The Hall–Kier alpha value is -4.30. The van der Waals surface area contributed by atoms with Gasteiger partial charge in [0.25, 0.3) is 10.1 Å². The van der Waals surface area contributed by atoms with Gasteiger partial charge in [-0.2, -0.15) is 13.0 Å². The standard InChI is InChI=1S/C36H43NO11S/c1-7-25(8-2)46-26-10-12-31-29(18-26)33(36(40)48-34-22(3)16-24(35(38)39)17-23(34)4)30-19-27(47-28(20-44-5)21-45-6)11-13-32(30)37(31)14-9-15-49(41,42)43/h10-13,16-19,25,28H,7-9,14-15,20-21H2,1-6H3,(H-,38,39,41,42,43)/p+1. The summed E-state index contributed by atoms with van der Waals surface area (Å²) < 4.78 is 63.8. The lowest BCUT2D eigenvalue weighted by Gasteiger charge is -2.19. The van der Waals surface area contributed by atoms with Crippen molar-refractivity contribution in [1.29, 1.82) is 0 Å². The number of carboxylic acids is 1. The molecule has 1 aromatic heterocycles. The van der Waals surface area contributed by atoms with Crippen LogP contribution in [0.25, 0.3) is 21.8 Å². The highest BCUT2D eigenvalue weighted by Gasteiger charge is 2.28. The van der Waals surface area contributed by atoms with Crippen LogP contribution in [-0.4, -0.2) is 75.4 Å². The summed E-state index contributed by atoms with van der Waals surface area (Å²) in [6, 6.07) is 13.5. The molecular weight excluding hydrogens is 654 g/mol. The second-order valence-corrected chi connectivity index (χ2v) is 13.4. The van der Waals surface area contributed by atoms with Gasteiger partial charge in [0.2, 0.25) is 11.0 Å². The van der Waals surface area contributed by atoms with E-state index in [0.29, 0.717) is 44.4 Å². The molecule has 1 heterocycles. The van der Waals surface area contributed by atoms with Crippen LogP contribution in [0.15, 0.2) is 48.5 Å². The molecule has 0 bridgehead atoms. The fraction of sp³-hybridized carbons (Fsp3) is 0.417. The molecule has 49 heavy (non-hydrogen) atoms. The van der Waals surface area contributed by atoms with Crippen molar-refractivity contribution >= 4 is 43.9 Å². The number of ether oxygens (including phenoxy) is 5. The van der Waals surface area contributed by atoms with E-state index >= 15 is 0 Å². The van der Waals surface area contributed by atoms with Crippen molar-refractivity contribution in [2.24, 2.45) is 0 Å². The fourth-order valence-corrected chi connectivity index (χ4v) is 6.39. The predicted molar refractivity (Wildman–Crippen MR) is 184 cm³/mol. The summed E-state index contributed by atoms with van der Waals surface area (Å²) in [5, 5.41) is 10.5. The van der Waals surface area contributed by atoms with E-state index in [4.69, 9.17) is 23.7 Å². The molecule has 0 aliphatic heterocycles. The van der Waals surface area contributed by atoms with Gasteiger partial charge >= 0.3 is 11.9 Å². The Bertz CT molecular complexity index is 1910. The third-order valence-corrected chi connectivity index (χ3v) is 8.97. The number of esters is 1. The van der Waals surface area contributed by atoms with Crippen LogP contribution in [0.5, 0.6) is 17.2 Å². The second kappa shape index (κ2) is 16.4. The van der Waals surface area contributed by atoms with Gasteiger partial charge in [-0.15, -0.1) is 0 Å². The number of carboxylic acid groups (broad SMARTS) is 1. The summed E-state index contributed by atoms with van der Waals surface area (Å²) in [4.78, 5) is 26.1. The number of hydrogen-bond donors (Lipinski definition) is 2. The Morgan fingerprint density at radius 2 is 1.33 bits per heavy atom. The normalized spacial score (nSPS) is 11.9. The summed E-state index contributed by atoms with van der Waals surface area (Å²) in [7, 11) is -1.11. The molecule has 13 heteroatoms. The van der Waals surface area contributed by atoms with Crippen molar-refractivity contribution in [2.75, 3.05) is 33.2 Å². The van der Waals surface area contributed by atoms with Crippen molar-refractivity contribution < 1.29 is 55.9 Å². The number of nitrogens with zero attached hydrogens (tertiary/aromatic N) is 1. The van der Waals surface area contributed by atoms with Gasteiger partial charge in [-0.25, -0.2) is 9.59 Å². The molecule has 0 aliphatic rings. The molecule has 0 aliphatic carbocycles. The van der Waals surface area contributed by atoms with E-state index in [9.17, 15) is 27.7 Å². The van der Waals surface area contributed by atoms with Gasteiger partial charge in [-0.3, -0.25) is 4.55 Å². The lowest BCUT2D eigenvalue weighted by Crippen LogP contribution is -2.37. The quantitative estimate of drug-likeness (QED) is 0.0458. The highest BCUT2D eigenvalue weighted by atomic mass is 32.2. The van der Waals surface area contributed by atoms with E-state index < -0.39 is 33.9 Å². The van der Waals surface area contributed by atoms with Gasteiger partial charge in [-0.05, 0) is 74.2 Å². The molecule has 12 nitrogen and oxygen atoms in total. The minimum Gasteiger partial charge on any atom is -0.490 e. The van der Waals surface area contributed by atoms with Crippen molar-refractivity contribution in [1.82, 2.24) is 0 Å². The van der Waals surface area contributed by atoms with Gasteiger partial charge in [0.1, 0.15) is 23.4 Å². The van der Waals surface area contributed by atoms with Crippen molar-refractivity contribution in [2.45, 2.75) is 65.7 Å².